The SMILES string of the molecule is O=C(NC1(CCl)CC1)c1ccnnc1. The zero-order valence-electron chi connectivity index (χ0n) is 7.53. The molecular formula is C9H10ClN3O. The summed E-state index contributed by atoms with van der Waals surface area (Å²) in [5.74, 6) is 0.343. The van der Waals surface area contributed by atoms with E-state index in [-0.39, 0.29) is 11.4 Å². The number of carbonyl (C=O) groups excluding carboxylic acids is 1. The predicted molar refractivity (Wildman–Crippen MR) is 52.2 cm³/mol. The van der Waals surface area contributed by atoms with Crippen LogP contribution in [0.15, 0.2) is 18.5 Å². The van der Waals surface area contributed by atoms with Crippen LogP contribution in [0.1, 0.15) is 23.2 Å². The van der Waals surface area contributed by atoms with Gasteiger partial charge in [-0.2, -0.15) is 10.2 Å². The summed E-state index contributed by atoms with van der Waals surface area (Å²) >= 11 is 5.74. The molecule has 1 fully saturated rings. The average molecular weight is 212 g/mol. The third-order valence-electron chi connectivity index (χ3n) is 2.33. The maximum absolute atomic E-state index is 11.6. The molecule has 0 atom stereocenters. The fraction of sp³-hybridized carbons (Fsp3) is 0.444. The molecule has 1 N–H and O–H groups in total. The van der Waals surface area contributed by atoms with Crippen LogP contribution in [0.2, 0.25) is 0 Å². The lowest BCUT2D eigenvalue weighted by atomic mass is 10.2. The molecule has 0 aliphatic heterocycles. The zero-order chi connectivity index (χ0) is 10.0. The van der Waals surface area contributed by atoms with Crippen molar-refractivity contribution in [1.82, 2.24) is 15.5 Å². The number of hydrogen-bond acceptors (Lipinski definition) is 3. The van der Waals surface area contributed by atoms with E-state index < -0.39 is 0 Å². The summed E-state index contributed by atoms with van der Waals surface area (Å²) in [5.41, 5.74) is 0.360. The molecule has 0 saturated heterocycles. The predicted octanol–water partition coefficient (Wildman–Crippen LogP) is 0.978. The largest absolute Gasteiger partial charge is 0.345 e. The topological polar surface area (TPSA) is 54.9 Å². The molecule has 1 aliphatic carbocycles. The van der Waals surface area contributed by atoms with Gasteiger partial charge in [-0.3, -0.25) is 4.79 Å². The molecule has 1 aromatic rings. The van der Waals surface area contributed by atoms with Crippen molar-refractivity contribution in [1.29, 1.82) is 0 Å². The molecule has 1 amide bonds. The fourth-order valence-corrected chi connectivity index (χ4v) is 1.52. The van der Waals surface area contributed by atoms with Gasteiger partial charge in [-0.05, 0) is 18.9 Å². The van der Waals surface area contributed by atoms with Gasteiger partial charge in [0, 0.05) is 5.88 Å². The molecule has 5 heteroatoms. The van der Waals surface area contributed by atoms with E-state index in [0.29, 0.717) is 11.4 Å². The average Bonchev–Trinajstić information content (AvgIpc) is 3.00. The van der Waals surface area contributed by atoms with E-state index >= 15 is 0 Å². The van der Waals surface area contributed by atoms with Crippen LogP contribution in [0.5, 0.6) is 0 Å². The Labute approximate surface area is 86.7 Å². The van der Waals surface area contributed by atoms with Crippen LogP contribution in [0.4, 0.5) is 0 Å². The third-order valence-corrected chi connectivity index (χ3v) is 2.85. The first-order valence-electron chi connectivity index (χ1n) is 4.41. The van der Waals surface area contributed by atoms with Crippen LogP contribution in [0, 0.1) is 0 Å². The Morgan fingerprint density at radius 2 is 2.36 bits per heavy atom. The smallest absolute Gasteiger partial charge is 0.253 e. The summed E-state index contributed by atoms with van der Waals surface area (Å²) in [4.78, 5) is 11.6. The molecule has 1 saturated carbocycles. The molecule has 0 unspecified atom stereocenters. The molecule has 1 aliphatic rings. The molecule has 0 aromatic carbocycles. The Hall–Kier alpha value is -1.16. The second kappa shape index (κ2) is 3.53. The van der Waals surface area contributed by atoms with Gasteiger partial charge in [-0.15, -0.1) is 11.6 Å². The minimum absolute atomic E-state index is 0.127. The number of hydrogen-bond donors (Lipinski definition) is 1. The lowest BCUT2D eigenvalue weighted by molar-refractivity contribution is 0.0935. The van der Waals surface area contributed by atoms with Gasteiger partial charge in [-0.25, -0.2) is 0 Å². The fourth-order valence-electron chi connectivity index (χ4n) is 1.18. The van der Waals surface area contributed by atoms with Gasteiger partial charge in [0.15, 0.2) is 0 Å². The van der Waals surface area contributed by atoms with E-state index in [9.17, 15) is 4.79 Å². The third kappa shape index (κ3) is 1.85. The minimum atomic E-state index is -0.165. The standard InChI is InChI=1S/C9H10ClN3O/c10-6-9(2-3-9)13-8(14)7-1-4-11-12-5-7/h1,4-5H,2-3,6H2,(H,13,14). The Kier molecular flexibility index (Phi) is 2.37. The van der Waals surface area contributed by atoms with Crippen molar-refractivity contribution in [3.8, 4) is 0 Å². The van der Waals surface area contributed by atoms with Crippen molar-refractivity contribution in [3.05, 3.63) is 24.0 Å². The normalized spacial score (nSPS) is 17.5. The molecule has 1 heterocycles. The quantitative estimate of drug-likeness (QED) is 0.759. The number of aromatic nitrogens is 2. The Morgan fingerprint density at radius 1 is 1.57 bits per heavy atom. The summed E-state index contributed by atoms with van der Waals surface area (Å²) in [6.07, 6.45) is 4.86. The summed E-state index contributed by atoms with van der Waals surface area (Å²) in [6.45, 7) is 0. The monoisotopic (exact) mass is 211 g/mol. The van der Waals surface area contributed by atoms with Crippen LogP contribution in [0.3, 0.4) is 0 Å². The zero-order valence-corrected chi connectivity index (χ0v) is 8.29. The Bertz CT molecular complexity index is 337. The van der Waals surface area contributed by atoms with E-state index in [1.165, 1.54) is 12.4 Å². The highest BCUT2D eigenvalue weighted by Gasteiger charge is 2.43. The lowest BCUT2D eigenvalue weighted by Gasteiger charge is -2.13. The molecule has 2 rings (SSSR count). The second-order valence-corrected chi connectivity index (χ2v) is 3.77. The Morgan fingerprint density at radius 3 is 2.86 bits per heavy atom. The number of nitrogens with one attached hydrogen (secondary N) is 1. The van der Waals surface area contributed by atoms with Gasteiger partial charge in [0.05, 0.1) is 23.5 Å². The first-order chi connectivity index (χ1) is 6.76. The van der Waals surface area contributed by atoms with E-state index in [1.54, 1.807) is 6.07 Å². The van der Waals surface area contributed by atoms with Gasteiger partial charge in [0.1, 0.15) is 0 Å². The second-order valence-electron chi connectivity index (χ2n) is 3.50. The van der Waals surface area contributed by atoms with Crippen LogP contribution in [-0.2, 0) is 0 Å². The van der Waals surface area contributed by atoms with Crippen molar-refractivity contribution in [2.24, 2.45) is 0 Å². The van der Waals surface area contributed by atoms with Crippen molar-refractivity contribution in [3.63, 3.8) is 0 Å². The van der Waals surface area contributed by atoms with Crippen LogP contribution in [-0.4, -0.2) is 27.5 Å². The maximum atomic E-state index is 11.6. The van der Waals surface area contributed by atoms with Gasteiger partial charge >= 0.3 is 0 Å². The summed E-state index contributed by atoms with van der Waals surface area (Å²) < 4.78 is 0. The summed E-state index contributed by atoms with van der Waals surface area (Å²) in [7, 11) is 0. The number of rotatable bonds is 3. The lowest BCUT2D eigenvalue weighted by Crippen LogP contribution is -2.38. The molecule has 0 bridgehead atoms. The van der Waals surface area contributed by atoms with Gasteiger partial charge in [0.25, 0.3) is 5.91 Å². The number of carbonyl (C=O) groups is 1. The highest BCUT2D eigenvalue weighted by atomic mass is 35.5. The van der Waals surface area contributed by atoms with E-state index in [2.05, 4.69) is 15.5 Å². The molecule has 0 spiro atoms. The summed E-state index contributed by atoms with van der Waals surface area (Å²) in [6, 6.07) is 1.63. The van der Waals surface area contributed by atoms with Gasteiger partial charge < -0.3 is 5.32 Å². The maximum Gasteiger partial charge on any atom is 0.253 e. The van der Waals surface area contributed by atoms with E-state index in [1.807, 2.05) is 0 Å². The van der Waals surface area contributed by atoms with Crippen molar-refractivity contribution >= 4 is 17.5 Å². The summed E-state index contributed by atoms with van der Waals surface area (Å²) in [5, 5.41) is 10.1. The van der Waals surface area contributed by atoms with Gasteiger partial charge in [0.2, 0.25) is 0 Å². The molecule has 14 heavy (non-hydrogen) atoms. The molecular weight excluding hydrogens is 202 g/mol. The highest BCUT2D eigenvalue weighted by molar-refractivity contribution is 6.19. The minimum Gasteiger partial charge on any atom is -0.345 e. The van der Waals surface area contributed by atoms with Crippen LogP contribution < -0.4 is 5.32 Å². The van der Waals surface area contributed by atoms with Crippen molar-refractivity contribution < 1.29 is 4.79 Å². The van der Waals surface area contributed by atoms with E-state index in [0.717, 1.165) is 12.8 Å². The van der Waals surface area contributed by atoms with Crippen LogP contribution >= 0.6 is 11.6 Å². The number of nitrogens with zero attached hydrogens (tertiary/aromatic N) is 2. The van der Waals surface area contributed by atoms with Crippen molar-refractivity contribution in [2.75, 3.05) is 5.88 Å². The first-order valence-corrected chi connectivity index (χ1v) is 4.94. The number of halogens is 1. The number of alkyl halides is 1. The molecule has 4 nitrogen and oxygen atoms in total. The van der Waals surface area contributed by atoms with Crippen LogP contribution in [0.25, 0.3) is 0 Å². The highest BCUT2D eigenvalue weighted by Crippen LogP contribution is 2.36. The first kappa shape index (κ1) is 9.40. The number of amides is 1. The molecule has 0 radical (unpaired) electrons. The Balaban J connectivity index is 2.03. The molecule has 74 valence electrons. The van der Waals surface area contributed by atoms with E-state index in [4.69, 9.17) is 11.6 Å². The van der Waals surface area contributed by atoms with Crippen molar-refractivity contribution in [2.45, 2.75) is 18.4 Å². The van der Waals surface area contributed by atoms with Gasteiger partial charge in [-0.1, -0.05) is 0 Å². The molecule has 1 aromatic heterocycles.